The van der Waals surface area contributed by atoms with Crippen molar-refractivity contribution in [2.24, 2.45) is 0 Å². The van der Waals surface area contributed by atoms with Gasteiger partial charge in [0.25, 0.3) is 5.91 Å². The highest BCUT2D eigenvalue weighted by Crippen LogP contribution is 2.18. The van der Waals surface area contributed by atoms with Gasteiger partial charge in [-0.25, -0.2) is 4.39 Å². The number of halogens is 1. The largest absolute Gasteiger partial charge is 0.343 e. The molecule has 0 aliphatic carbocycles. The van der Waals surface area contributed by atoms with Crippen LogP contribution in [0.3, 0.4) is 0 Å². The van der Waals surface area contributed by atoms with E-state index in [1.165, 1.54) is 4.90 Å². The van der Waals surface area contributed by atoms with Crippen molar-refractivity contribution in [2.45, 2.75) is 18.8 Å². The topological polar surface area (TPSA) is 74.3 Å². The van der Waals surface area contributed by atoms with Crippen molar-refractivity contribution in [2.75, 3.05) is 20.1 Å². The Morgan fingerprint density at radius 2 is 2.12 bits per heavy atom. The summed E-state index contributed by atoms with van der Waals surface area (Å²) in [6, 6.07) is 8.92. The third-order valence-electron chi connectivity index (χ3n) is 4.20. The molecule has 2 heterocycles. The zero-order valence-corrected chi connectivity index (χ0v) is 13.3. The van der Waals surface area contributed by atoms with Gasteiger partial charge in [-0.2, -0.15) is 0 Å². The number of para-hydroxylation sites is 1. The number of hydrogen-bond donors (Lipinski definition) is 2. The van der Waals surface area contributed by atoms with Crippen LogP contribution in [0.1, 0.15) is 16.8 Å². The Morgan fingerprint density at radius 1 is 1.33 bits per heavy atom. The van der Waals surface area contributed by atoms with Crippen LogP contribution < -0.4 is 10.6 Å². The summed E-state index contributed by atoms with van der Waals surface area (Å²) in [5.74, 6) is -0.653. The van der Waals surface area contributed by atoms with Crippen LogP contribution >= 0.6 is 0 Å². The number of aromatic nitrogens is 1. The van der Waals surface area contributed by atoms with Crippen LogP contribution in [0.4, 0.5) is 4.39 Å². The second-order valence-corrected chi connectivity index (χ2v) is 5.74. The normalized spacial score (nSPS) is 20.3. The van der Waals surface area contributed by atoms with Crippen molar-refractivity contribution >= 4 is 22.7 Å². The molecule has 126 valence electrons. The zero-order chi connectivity index (χ0) is 17.1. The number of carbonyl (C=O) groups excluding carboxylic acids is 2. The average Bonchev–Trinajstić information content (AvgIpc) is 3.00. The smallest absolute Gasteiger partial charge is 0.252 e. The summed E-state index contributed by atoms with van der Waals surface area (Å²) in [6.45, 7) is -0.112. The fraction of sp³-hybridized carbons (Fsp3) is 0.353. The second kappa shape index (κ2) is 6.92. The van der Waals surface area contributed by atoms with E-state index in [1.54, 1.807) is 19.3 Å². The Bertz CT molecular complexity index is 762. The molecule has 2 amide bonds. The van der Waals surface area contributed by atoms with Crippen molar-refractivity contribution in [1.82, 2.24) is 20.5 Å². The SMILES string of the molecule is CN[C@@H]1CC(F)CN1C(=O)CNC(=O)c1ccnc2ccccc12. The number of nitrogens with zero attached hydrogens (tertiary/aromatic N) is 2. The summed E-state index contributed by atoms with van der Waals surface area (Å²) in [7, 11) is 1.69. The molecule has 1 aliphatic rings. The van der Waals surface area contributed by atoms with Gasteiger partial charge in [0, 0.05) is 18.0 Å². The first kappa shape index (κ1) is 16.3. The molecule has 3 rings (SSSR count). The maximum absolute atomic E-state index is 13.5. The van der Waals surface area contributed by atoms with Gasteiger partial charge in [-0.15, -0.1) is 0 Å². The molecular weight excluding hydrogens is 311 g/mol. The minimum atomic E-state index is -1.04. The zero-order valence-electron chi connectivity index (χ0n) is 13.3. The summed E-state index contributed by atoms with van der Waals surface area (Å²) in [5, 5.41) is 6.26. The molecule has 2 aromatic rings. The Labute approximate surface area is 139 Å². The van der Waals surface area contributed by atoms with E-state index in [0.29, 0.717) is 11.1 Å². The molecule has 0 spiro atoms. The number of alkyl halides is 1. The Balaban J connectivity index is 1.68. The summed E-state index contributed by atoms with van der Waals surface area (Å²) in [6.07, 6.45) is 0.465. The maximum Gasteiger partial charge on any atom is 0.252 e. The summed E-state index contributed by atoms with van der Waals surface area (Å²) in [5.41, 5.74) is 1.18. The number of nitrogens with one attached hydrogen (secondary N) is 2. The molecule has 2 N–H and O–H groups in total. The highest BCUT2D eigenvalue weighted by Gasteiger charge is 2.34. The van der Waals surface area contributed by atoms with Gasteiger partial charge in [-0.05, 0) is 19.2 Å². The van der Waals surface area contributed by atoms with E-state index in [1.807, 2.05) is 24.3 Å². The standard InChI is InChI=1S/C17H19FN4O2/c1-19-15-8-11(18)10-22(15)16(23)9-21-17(24)13-6-7-20-14-5-3-2-4-12(13)14/h2-7,11,15,19H,8-10H2,1H3,(H,21,24)/t11?,15-/m0/s1. The molecular formula is C17H19FN4O2. The van der Waals surface area contributed by atoms with Gasteiger partial charge in [-0.3, -0.25) is 14.6 Å². The number of benzene rings is 1. The Hall–Kier alpha value is -2.54. The number of fused-ring (bicyclic) bond motifs is 1. The van der Waals surface area contributed by atoms with E-state index in [0.717, 1.165) is 5.39 Å². The maximum atomic E-state index is 13.5. The van der Waals surface area contributed by atoms with Crippen LogP contribution in [-0.4, -0.2) is 54.2 Å². The van der Waals surface area contributed by atoms with E-state index in [9.17, 15) is 14.0 Å². The van der Waals surface area contributed by atoms with Gasteiger partial charge >= 0.3 is 0 Å². The number of hydrogen-bond acceptors (Lipinski definition) is 4. The van der Waals surface area contributed by atoms with Crippen LogP contribution in [0.5, 0.6) is 0 Å². The molecule has 6 nitrogen and oxygen atoms in total. The van der Waals surface area contributed by atoms with Crippen molar-refractivity contribution in [3.05, 3.63) is 42.1 Å². The quantitative estimate of drug-likeness (QED) is 0.880. The molecule has 1 fully saturated rings. The fourth-order valence-electron chi connectivity index (χ4n) is 2.98. The Kier molecular flexibility index (Phi) is 4.71. The summed E-state index contributed by atoms with van der Waals surface area (Å²) >= 11 is 0. The molecule has 1 unspecified atom stereocenters. The molecule has 1 saturated heterocycles. The van der Waals surface area contributed by atoms with Crippen molar-refractivity contribution < 1.29 is 14.0 Å². The van der Waals surface area contributed by atoms with Gasteiger partial charge < -0.3 is 15.5 Å². The van der Waals surface area contributed by atoms with Crippen LogP contribution in [0, 0.1) is 0 Å². The third kappa shape index (κ3) is 3.21. The van der Waals surface area contributed by atoms with Gasteiger partial charge in [0.15, 0.2) is 0 Å². The summed E-state index contributed by atoms with van der Waals surface area (Å²) in [4.78, 5) is 30.3. The predicted octanol–water partition coefficient (Wildman–Crippen LogP) is 1.08. The number of rotatable bonds is 4. The van der Waals surface area contributed by atoms with Gasteiger partial charge in [0.05, 0.1) is 30.3 Å². The molecule has 2 atom stereocenters. The van der Waals surface area contributed by atoms with E-state index in [2.05, 4.69) is 15.6 Å². The lowest BCUT2D eigenvalue weighted by Crippen LogP contribution is -2.47. The van der Waals surface area contributed by atoms with Gasteiger partial charge in [0.1, 0.15) is 6.17 Å². The van der Waals surface area contributed by atoms with E-state index >= 15 is 0 Å². The molecule has 24 heavy (non-hydrogen) atoms. The van der Waals surface area contributed by atoms with E-state index < -0.39 is 6.17 Å². The van der Waals surface area contributed by atoms with E-state index in [4.69, 9.17) is 0 Å². The number of likely N-dealkylation sites (tertiary alicyclic amines) is 1. The van der Waals surface area contributed by atoms with Crippen LogP contribution in [0.2, 0.25) is 0 Å². The lowest BCUT2D eigenvalue weighted by atomic mass is 10.1. The number of amides is 2. The first-order chi connectivity index (χ1) is 11.6. The predicted molar refractivity (Wildman–Crippen MR) is 88.1 cm³/mol. The second-order valence-electron chi connectivity index (χ2n) is 5.74. The molecule has 0 saturated carbocycles. The van der Waals surface area contributed by atoms with Crippen LogP contribution in [0.15, 0.2) is 36.5 Å². The molecule has 0 radical (unpaired) electrons. The molecule has 7 heteroatoms. The first-order valence-corrected chi connectivity index (χ1v) is 7.83. The first-order valence-electron chi connectivity index (χ1n) is 7.83. The highest BCUT2D eigenvalue weighted by atomic mass is 19.1. The molecule has 1 aromatic carbocycles. The average molecular weight is 330 g/mol. The lowest BCUT2D eigenvalue weighted by Gasteiger charge is -2.23. The lowest BCUT2D eigenvalue weighted by molar-refractivity contribution is -0.131. The molecule has 0 bridgehead atoms. The van der Waals surface area contributed by atoms with Crippen molar-refractivity contribution in [3.8, 4) is 0 Å². The van der Waals surface area contributed by atoms with Crippen molar-refractivity contribution in [3.63, 3.8) is 0 Å². The number of pyridine rings is 1. The molecule has 1 aromatic heterocycles. The van der Waals surface area contributed by atoms with Crippen molar-refractivity contribution in [1.29, 1.82) is 0 Å². The Morgan fingerprint density at radius 3 is 2.92 bits per heavy atom. The minimum Gasteiger partial charge on any atom is -0.343 e. The highest BCUT2D eigenvalue weighted by molar-refractivity contribution is 6.06. The van der Waals surface area contributed by atoms with Gasteiger partial charge in [-0.1, -0.05) is 18.2 Å². The minimum absolute atomic E-state index is 0.0540. The molecule has 1 aliphatic heterocycles. The summed E-state index contributed by atoms with van der Waals surface area (Å²) < 4.78 is 13.5. The van der Waals surface area contributed by atoms with E-state index in [-0.39, 0.29) is 37.5 Å². The third-order valence-corrected chi connectivity index (χ3v) is 4.20. The van der Waals surface area contributed by atoms with Crippen LogP contribution in [0.25, 0.3) is 10.9 Å². The monoisotopic (exact) mass is 330 g/mol. The van der Waals surface area contributed by atoms with Gasteiger partial charge in [0.2, 0.25) is 5.91 Å². The van der Waals surface area contributed by atoms with Crippen LogP contribution in [-0.2, 0) is 4.79 Å². The number of carbonyl (C=O) groups is 2. The fourth-order valence-corrected chi connectivity index (χ4v) is 2.98.